The van der Waals surface area contributed by atoms with Gasteiger partial charge in [-0.05, 0) is 12.6 Å². The van der Waals surface area contributed by atoms with Crippen LogP contribution in [0.25, 0.3) is 0 Å². The van der Waals surface area contributed by atoms with Crippen molar-refractivity contribution < 1.29 is 0 Å². The highest BCUT2D eigenvalue weighted by Crippen LogP contribution is 2.23. The molecule has 0 saturated heterocycles. The molecular formula is C11H13N. The van der Waals surface area contributed by atoms with E-state index >= 15 is 0 Å². The summed E-state index contributed by atoms with van der Waals surface area (Å²) in [5.74, 6) is 0. The maximum absolute atomic E-state index is 2.33. The lowest BCUT2D eigenvalue weighted by Gasteiger charge is -2.18. The Hall–Kier alpha value is -1.08. The van der Waals surface area contributed by atoms with Crippen molar-refractivity contribution in [3.05, 3.63) is 48.0 Å². The molecule has 1 unspecified atom stereocenters. The summed E-state index contributed by atoms with van der Waals surface area (Å²) in [5, 5.41) is 0. The highest BCUT2D eigenvalue weighted by molar-refractivity contribution is 5.25. The number of hydrogen-bond donors (Lipinski definition) is 0. The molecule has 0 N–H and O–H groups in total. The summed E-state index contributed by atoms with van der Waals surface area (Å²) < 4.78 is 0. The predicted octanol–water partition coefficient (Wildman–Crippen LogP) is 2.23. The number of likely N-dealkylation sites (N-methyl/N-ethyl adjacent to an activating group) is 1. The molecule has 0 fully saturated rings. The molecule has 1 heteroatoms. The van der Waals surface area contributed by atoms with E-state index < -0.39 is 0 Å². The van der Waals surface area contributed by atoms with E-state index in [0.29, 0.717) is 6.04 Å². The van der Waals surface area contributed by atoms with Crippen LogP contribution in [0.5, 0.6) is 0 Å². The fraction of sp³-hybridized carbons (Fsp3) is 0.273. The fourth-order valence-electron chi connectivity index (χ4n) is 1.63. The first kappa shape index (κ1) is 7.56. The minimum Gasteiger partial charge on any atom is -0.292 e. The summed E-state index contributed by atoms with van der Waals surface area (Å²) in [5.41, 5.74) is 1.38. The van der Waals surface area contributed by atoms with E-state index in [1.54, 1.807) is 0 Å². The van der Waals surface area contributed by atoms with E-state index in [9.17, 15) is 0 Å². The lowest BCUT2D eigenvalue weighted by atomic mass is 10.1. The van der Waals surface area contributed by atoms with Gasteiger partial charge in [0.1, 0.15) is 0 Å². The molecule has 1 aliphatic rings. The Balaban J connectivity index is 2.25. The van der Waals surface area contributed by atoms with Crippen LogP contribution in [0, 0.1) is 0 Å². The van der Waals surface area contributed by atoms with Gasteiger partial charge in [0.2, 0.25) is 0 Å². The van der Waals surface area contributed by atoms with Crippen LogP contribution in [-0.4, -0.2) is 18.5 Å². The van der Waals surface area contributed by atoms with Gasteiger partial charge in [0.05, 0.1) is 6.04 Å². The van der Waals surface area contributed by atoms with Crippen molar-refractivity contribution >= 4 is 0 Å². The van der Waals surface area contributed by atoms with Gasteiger partial charge in [0.15, 0.2) is 0 Å². The first-order chi connectivity index (χ1) is 5.88. The lowest BCUT2D eigenvalue weighted by molar-refractivity contribution is 0.340. The number of nitrogens with zero attached hydrogens (tertiary/aromatic N) is 1. The van der Waals surface area contributed by atoms with Gasteiger partial charge in [-0.25, -0.2) is 0 Å². The standard InChI is InChI=1S/C11H13N/c1-12-9-5-8-11(12)10-6-3-2-4-7-10/h2-8,11H,9H2,1H3. The van der Waals surface area contributed by atoms with Crippen LogP contribution in [0.1, 0.15) is 11.6 Å². The topological polar surface area (TPSA) is 3.24 Å². The van der Waals surface area contributed by atoms with E-state index in [1.807, 2.05) is 0 Å². The summed E-state index contributed by atoms with van der Waals surface area (Å²) in [4.78, 5) is 2.33. The lowest BCUT2D eigenvalue weighted by Crippen LogP contribution is -2.18. The molecule has 0 radical (unpaired) electrons. The maximum atomic E-state index is 2.33. The maximum Gasteiger partial charge on any atom is 0.0532 e. The molecule has 1 aromatic carbocycles. The van der Waals surface area contributed by atoms with Crippen LogP contribution < -0.4 is 0 Å². The normalized spacial score (nSPS) is 23.2. The summed E-state index contributed by atoms with van der Waals surface area (Å²) in [6, 6.07) is 11.1. The van der Waals surface area contributed by atoms with Crippen molar-refractivity contribution in [2.45, 2.75) is 6.04 Å². The monoisotopic (exact) mass is 159 g/mol. The van der Waals surface area contributed by atoms with E-state index in [1.165, 1.54) is 5.56 Å². The summed E-state index contributed by atoms with van der Waals surface area (Å²) in [6.07, 6.45) is 4.48. The molecule has 0 amide bonds. The second-order valence-corrected chi connectivity index (χ2v) is 3.22. The van der Waals surface area contributed by atoms with Crippen molar-refractivity contribution in [2.75, 3.05) is 13.6 Å². The Kier molecular flexibility index (Phi) is 1.96. The van der Waals surface area contributed by atoms with Gasteiger partial charge < -0.3 is 0 Å². The molecule has 1 aromatic rings. The van der Waals surface area contributed by atoms with Crippen molar-refractivity contribution in [3.63, 3.8) is 0 Å². The van der Waals surface area contributed by atoms with Crippen LogP contribution in [0.3, 0.4) is 0 Å². The van der Waals surface area contributed by atoms with Crippen molar-refractivity contribution in [1.29, 1.82) is 0 Å². The zero-order valence-electron chi connectivity index (χ0n) is 7.27. The quantitative estimate of drug-likeness (QED) is 0.568. The predicted molar refractivity (Wildman–Crippen MR) is 51.0 cm³/mol. The second kappa shape index (κ2) is 3.11. The Morgan fingerprint density at radius 1 is 1.25 bits per heavy atom. The summed E-state index contributed by atoms with van der Waals surface area (Å²) in [6.45, 7) is 1.07. The fourth-order valence-corrected chi connectivity index (χ4v) is 1.63. The number of benzene rings is 1. The minimum absolute atomic E-state index is 0.492. The largest absolute Gasteiger partial charge is 0.292 e. The SMILES string of the molecule is CN1CC=CC1c1ccccc1. The van der Waals surface area contributed by atoms with E-state index in [4.69, 9.17) is 0 Å². The van der Waals surface area contributed by atoms with Gasteiger partial charge in [-0.15, -0.1) is 0 Å². The molecule has 0 aromatic heterocycles. The highest BCUT2D eigenvalue weighted by Gasteiger charge is 2.16. The molecule has 1 aliphatic heterocycles. The van der Waals surface area contributed by atoms with E-state index in [2.05, 4.69) is 54.4 Å². The molecule has 0 bridgehead atoms. The van der Waals surface area contributed by atoms with Crippen molar-refractivity contribution in [3.8, 4) is 0 Å². The van der Waals surface area contributed by atoms with Gasteiger partial charge >= 0.3 is 0 Å². The summed E-state index contributed by atoms with van der Waals surface area (Å²) in [7, 11) is 2.15. The van der Waals surface area contributed by atoms with Crippen molar-refractivity contribution in [2.24, 2.45) is 0 Å². The minimum atomic E-state index is 0.492. The third-order valence-corrected chi connectivity index (χ3v) is 2.33. The van der Waals surface area contributed by atoms with Crippen LogP contribution in [0.2, 0.25) is 0 Å². The van der Waals surface area contributed by atoms with Crippen LogP contribution >= 0.6 is 0 Å². The van der Waals surface area contributed by atoms with Gasteiger partial charge in [0, 0.05) is 6.54 Å². The Morgan fingerprint density at radius 2 is 2.00 bits per heavy atom. The van der Waals surface area contributed by atoms with Gasteiger partial charge in [-0.3, -0.25) is 4.90 Å². The molecule has 2 rings (SSSR count). The van der Waals surface area contributed by atoms with Crippen molar-refractivity contribution in [1.82, 2.24) is 4.90 Å². The molecule has 0 spiro atoms. The molecule has 1 nitrogen and oxygen atoms in total. The van der Waals surface area contributed by atoms with Gasteiger partial charge in [-0.1, -0.05) is 42.5 Å². The first-order valence-corrected chi connectivity index (χ1v) is 4.30. The first-order valence-electron chi connectivity index (χ1n) is 4.30. The highest BCUT2D eigenvalue weighted by atomic mass is 15.1. The summed E-state index contributed by atoms with van der Waals surface area (Å²) >= 11 is 0. The van der Waals surface area contributed by atoms with Crippen LogP contribution in [-0.2, 0) is 0 Å². The average Bonchev–Trinajstić information content (AvgIpc) is 2.53. The third kappa shape index (κ3) is 1.28. The Labute approximate surface area is 73.3 Å². The van der Waals surface area contributed by atoms with Gasteiger partial charge in [-0.2, -0.15) is 0 Å². The zero-order chi connectivity index (χ0) is 8.39. The van der Waals surface area contributed by atoms with Crippen LogP contribution in [0.15, 0.2) is 42.5 Å². The molecular weight excluding hydrogens is 146 g/mol. The molecule has 0 aliphatic carbocycles. The molecule has 12 heavy (non-hydrogen) atoms. The third-order valence-electron chi connectivity index (χ3n) is 2.33. The zero-order valence-corrected chi connectivity index (χ0v) is 7.27. The smallest absolute Gasteiger partial charge is 0.0532 e. The Morgan fingerprint density at radius 3 is 2.58 bits per heavy atom. The molecule has 1 atom stereocenters. The molecule has 1 heterocycles. The Bertz CT molecular complexity index is 276. The van der Waals surface area contributed by atoms with E-state index in [-0.39, 0.29) is 0 Å². The second-order valence-electron chi connectivity index (χ2n) is 3.22. The number of hydrogen-bond acceptors (Lipinski definition) is 1. The molecule has 0 saturated carbocycles. The van der Waals surface area contributed by atoms with E-state index in [0.717, 1.165) is 6.54 Å². The number of rotatable bonds is 1. The van der Waals surface area contributed by atoms with Crippen LogP contribution in [0.4, 0.5) is 0 Å². The van der Waals surface area contributed by atoms with Gasteiger partial charge in [0.25, 0.3) is 0 Å². The average molecular weight is 159 g/mol. The molecule has 62 valence electrons.